The van der Waals surface area contributed by atoms with Crippen molar-refractivity contribution in [3.05, 3.63) is 41.9 Å². The molecule has 0 unspecified atom stereocenters. The minimum absolute atomic E-state index is 0.0414. The largest absolute Gasteiger partial charge is 0.378 e. The maximum Gasteiger partial charge on any atom is 0.296 e. The number of carbonyl (C=O) groups is 1. The first-order valence-electron chi connectivity index (χ1n) is 13.2. The van der Waals surface area contributed by atoms with Crippen molar-refractivity contribution in [3.63, 3.8) is 0 Å². The fourth-order valence-electron chi connectivity index (χ4n) is 5.50. The number of amides is 1. The summed E-state index contributed by atoms with van der Waals surface area (Å²) >= 11 is 0. The van der Waals surface area contributed by atoms with Gasteiger partial charge in [0.1, 0.15) is 5.82 Å². The van der Waals surface area contributed by atoms with Crippen LogP contribution in [0.5, 0.6) is 0 Å². The molecule has 5 rings (SSSR count). The fraction of sp³-hybridized carbons (Fsp3) is 0.556. The number of carbonyl (C=O) groups excluding carboxylic acids is 1. The van der Waals surface area contributed by atoms with E-state index in [4.69, 9.17) is 14.7 Å². The molecule has 0 radical (unpaired) electrons. The lowest BCUT2D eigenvalue weighted by atomic mass is 9.83. The van der Waals surface area contributed by atoms with Gasteiger partial charge in [0.15, 0.2) is 5.82 Å². The summed E-state index contributed by atoms with van der Waals surface area (Å²) in [6.45, 7) is 4.06. The van der Waals surface area contributed by atoms with Crippen molar-refractivity contribution in [1.29, 1.82) is 0 Å². The third-order valence-electron chi connectivity index (χ3n) is 7.36. The molecule has 8 nitrogen and oxygen atoms in total. The van der Waals surface area contributed by atoms with Crippen LogP contribution in [0.1, 0.15) is 63.4 Å². The van der Waals surface area contributed by atoms with E-state index in [1.54, 1.807) is 25.1 Å². The average molecular weight is 513 g/mol. The molecule has 0 bridgehead atoms. The van der Waals surface area contributed by atoms with E-state index in [1.165, 1.54) is 4.57 Å². The first-order chi connectivity index (χ1) is 18.0. The second-order valence-electron chi connectivity index (χ2n) is 10.0. The molecule has 1 aliphatic carbocycles. The number of hydrogen-bond acceptors (Lipinski definition) is 6. The Hall–Kier alpha value is -3.14. The Bertz CT molecular complexity index is 1220. The number of aromatic nitrogens is 4. The van der Waals surface area contributed by atoms with E-state index in [0.29, 0.717) is 61.1 Å². The Labute approximate surface area is 215 Å². The van der Waals surface area contributed by atoms with E-state index in [9.17, 15) is 13.6 Å². The van der Waals surface area contributed by atoms with Gasteiger partial charge in [-0.25, -0.2) is 18.7 Å². The van der Waals surface area contributed by atoms with E-state index in [0.717, 1.165) is 50.6 Å². The zero-order valence-electron chi connectivity index (χ0n) is 21.2. The SMILES string of the molecule is CC(=O)NC1CCC(CCCc2cc(-n3c(C(F)F)nc4ccccc43)nc(N3CCOCC3)n2)CC1. The second kappa shape index (κ2) is 11.5. The lowest BCUT2D eigenvalue weighted by Gasteiger charge is -2.29. The molecule has 37 heavy (non-hydrogen) atoms. The maximum absolute atomic E-state index is 14.0. The summed E-state index contributed by atoms with van der Waals surface area (Å²) in [4.78, 5) is 27.2. The minimum Gasteiger partial charge on any atom is -0.378 e. The highest BCUT2D eigenvalue weighted by molar-refractivity contribution is 5.78. The lowest BCUT2D eigenvalue weighted by Crippen LogP contribution is -2.37. The van der Waals surface area contributed by atoms with E-state index in [1.807, 2.05) is 12.1 Å². The van der Waals surface area contributed by atoms with Gasteiger partial charge in [-0.1, -0.05) is 18.6 Å². The Morgan fingerprint density at radius 1 is 1.11 bits per heavy atom. The summed E-state index contributed by atoms with van der Waals surface area (Å²) in [5.41, 5.74) is 1.96. The highest BCUT2D eigenvalue weighted by atomic mass is 19.3. The monoisotopic (exact) mass is 512 g/mol. The lowest BCUT2D eigenvalue weighted by molar-refractivity contribution is -0.119. The van der Waals surface area contributed by atoms with Gasteiger partial charge in [-0.3, -0.25) is 9.36 Å². The molecule has 10 heteroatoms. The summed E-state index contributed by atoms with van der Waals surface area (Å²) in [7, 11) is 0. The third kappa shape index (κ3) is 6.06. The molecule has 1 aromatic carbocycles. The Morgan fingerprint density at radius 2 is 1.86 bits per heavy atom. The molecule has 198 valence electrons. The number of alkyl halides is 2. The fourth-order valence-corrected chi connectivity index (χ4v) is 5.50. The molecule has 3 aromatic rings. The number of halogens is 2. The smallest absolute Gasteiger partial charge is 0.296 e. The summed E-state index contributed by atoms with van der Waals surface area (Å²) in [6, 6.07) is 9.27. The molecular formula is C27H34F2N6O2. The molecule has 2 aromatic heterocycles. The highest BCUT2D eigenvalue weighted by Crippen LogP contribution is 2.30. The molecular weight excluding hydrogens is 478 g/mol. The van der Waals surface area contributed by atoms with Crippen LogP contribution in [0, 0.1) is 5.92 Å². The van der Waals surface area contributed by atoms with E-state index in [-0.39, 0.29) is 11.7 Å². The number of nitrogens with zero attached hydrogens (tertiary/aromatic N) is 5. The summed E-state index contributed by atoms with van der Waals surface area (Å²) < 4.78 is 35.0. The summed E-state index contributed by atoms with van der Waals surface area (Å²) in [6.07, 6.45) is 4.31. The van der Waals surface area contributed by atoms with Gasteiger partial charge in [-0.2, -0.15) is 4.98 Å². The molecule has 1 saturated carbocycles. The van der Waals surface area contributed by atoms with Crippen molar-refractivity contribution < 1.29 is 18.3 Å². The first kappa shape index (κ1) is 25.5. The van der Waals surface area contributed by atoms with Crippen molar-refractivity contribution in [2.75, 3.05) is 31.2 Å². The van der Waals surface area contributed by atoms with Crippen LogP contribution in [0.25, 0.3) is 16.9 Å². The molecule has 2 fully saturated rings. The number of ether oxygens (including phenoxy) is 1. The minimum atomic E-state index is -2.73. The topological polar surface area (TPSA) is 85.2 Å². The van der Waals surface area contributed by atoms with Crippen LogP contribution in [0.15, 0.2) is 30.3 Å². The normalized spacial score (nSPS) is 20.5. The average Bonchev–Trinajstić information content (AvgIpc) is 3.30. The molecule has 1 saturated heterocycles. The molecule has 1 N–H and O–H groups in total. The van der Waals surface area contributed by atoms with Crippen LogP contribution in [-0.4, -0.2) is 57.8 Å². The molecule has 1 aliphatic heterocycles. The first-order valence-corrected chi connectivity index (χ1v) is 13.2. The Balaban J connectivity index is 1.37. The van der Waals surface area contributed by atoms with E-state index >= 15 is 0 Å². The quantitative estimate of drug-likeness (QED) is 0.475. The standard InChI is InChI=1S/C27H34F2N6O2/c1-18(36)30-20-11-9-19(10-12-20)5-4-6-21-17-24(33-27(31-21)34-13-15-37-16-14-34)35-23-8-3-2-7-22(23)32-26(35)25(28)29/h2-3,7-8,17,19-20,25H,4-6,9-16H2,1H3,(H,30,36). The van der Waals surface area contributed by atoms with Crippen LogP contribution in [0.2, 0.25) is 0 Å². The van der Waals surface area contributed by atoms with Gasteiger partial charge < -0.3 is 15.0 Å². The number of rotatable bonds is 8. The van der Waals surface area contributed by atoms with E-state index < -0.39 is 6.43 Å². The zero-order valence-corrected chi connectivity index (χ0v) is 21.2. The van der Waals surface area contributed by atoms with Gasteiger partial charge in [0.2, 0.25) is 11.9 Å². The molecule has 1 amide bonds. The number of aryl methyl sites for hydroxylation is 1. The predicted molar refractivity (Wildman–Crippen MR) is 137 cm³/mol. The van der Waals surface area contributed by atoms with Crippen LogP contribution in [0.4, 0.5) is 14.7 Å². The van der Waals surface area contributed by atoms with Gasteiger partial charge in [-0.15, -0.1) is 0 Å². The van der Waals surface area contributed by atoms with Crippen molar-refractivity contribution >= 4 is 22.9 Å². The maximum atomic E-state index is 14.0. The molecule has 3 heterocycles. The number of benzene rings is 1. The molecule has 0 spiro atoms. The van der Waals surface area contributed by atoms with Gasteiger partial charge >= 0.3 is 0 Å². The number of hydrogen-bond donors (Lipinski definition) is 1. The zero-order chi connectivity index (χ0) is 25.8. The number of imidazole rings is 1. The van der Waals surface area contributed by atoms with Crippen LogP contribution < -0.4 is 10.2 Å². The van der Waals surface area contributed by atoms with Crippen LogP contribution in [0.3, 0.4) is 0 Å². The predicted octanol–water partition coefficient (Wildman–Crippen LogP) is 4.61. The van der Waals surface area contributed by atoms with Gasteiger partial charge in [0.05, 0.1) is 24.2 Å². The van der Waals surface area contributed by atoms with Crippen molar-refractivity contribution in [1.82, 2.24) is 24.8 Å². The highest BCUT2D eigenvalue weighted by Gasteiger charge is 2.24. The van der Waals surface area contributed by atoms with Crippen LogP contribution >= 0.6 is 0 Å². The van der Waals surface area contributed by atoms with Gasteiger partial charge in [0.25, 0.3) is 6.43 Å². The van der Waals surface area contributed by atoms with Gasteiger partial charge in [0, 0.05) is 37.8 Å². The van der Waals surface area contributed by atoms with Crippen molar-refractivity contribution in [2.24, 2.45) is 5.92 Å². The molecule has 2 aliphatic rings. The van der Waals surface area contributed by atoms with E-state index in [2.05, 4.69) is 15.2 Å². The van der Waals surface area contributed by atoms with Crippen molar-refractivity contribution in [2.45, 2.75) is 64.3 Å². The summed E-state index contributed by atoms with van der Waals surface area (Å²) in [5.74, 6) is 1.33. The number of anilines is 1. The summed E-state index contributed by atoms with van der Waals surface area (Å²) in [5, 5.41) is 3.04. The Morgan fingerprint density at radius 3 is 2.59 bits per heavy atom. The number of morpholine rings is 1. The second-order valence-corrected chi connectivity index (χ2v) is 10.0. The number of fused-ring (bicyclic) bond motifs is 1. The van der Waals surface area contributed by atoms with Crippen LogP contribution in [-0.2, 0) is 16.0 Å². The number of para-hydroxylation sites is 2. The third-order valence-corrected chi connectivity index (χ3v) is 7.36. The number of nitrogens with one attached hydrogen (secondary N) is 1. The molecule has 0 atom stereocenters. The van der Waals surface area contributed by atoms with Gasteiger partial charge in [-0.05, 0) is 56.6 Å². The van der Waals surface area contributed by atoms with Crippen molar-refractivity contribution in [3.8, 4) is 5.82 Å². The Kier molecular flexibility index (Phi) is 7.93.